The number of benzene rings is 2. The van der Waals surface area contributed by atoms with E-state index >= 15 is 0 Å². The molecular weight excluding hydrogens is 610 g/mol. The molecule has 0 fully saturated rings. The van der Waals surface area contributed by atoms with Gasteiger partial charge in [0.1, 0.15) is 0 Å². The fourth-order valence-electron chi connectivity index (χ4n) is 4.11. The van der Waals surface area contributed by atoms with Crippen molar-refractivity contribution in [1.82, 2.24) is 0 Å². The highest BCUT2D eigenvalue weighted by Gasteiger charge is 2.19. The fraction of sp³-hybridized carbons (Fsp3) is 0.387. The summed E-state index contributed by atoms with van der Waals surface area (Å²) in [7, 11) is -6.87. The van der Waals surface area contributed by atoms with Crippen molar-refractivity contribution >= 4 is 48.4 Å². The summed E-state index contributed by atoms with van der Waals surface area (Å²) in [5.74, 6) is -1.01. The van der Waals surface area contributed by atoms with E-state index < -0.39 is 30.8 Å². The molecule has 43 heavy (non-hydrogen) atoms. The lowest BCUT2D eigenvalue weighted by atomic mass is 10.0. The summed E-state index contributed by atoms with van der Waals surface area (Å²) in [5.41, 5.74) is 13.5. The molecule has 0 heterocycles. The molecule has 0 aliphatic rings. The zero-order chi connectivity index (χ0) is 33.0. The Kier molecular flexibility index (Phi) is 15.0. The highest BCUT2D eigenvalue weighted by molar-refractivity contribution is 7.91. The molecule has 4 N–H and O–H groups in total. The predicted octanol–water partition coefficient (Wildman–Crippen LogP) is 5.39. The second kappa shape index (κ2) is 17.1. The maximum absolute atomic E-state index is 12.0. The molecular formula is C31H42ClN3O6S2. The van der Waals surface area contributed by atoms with E-state index in [1.165, 1.54) is 12.1 Å². The Morgan fingerprint density at radius 2 is 1.14 bits per heavy atom. The average Bonchev–Trinajstić information content (AvgIpc) is 2.87. The van der Waals surface area contributed by atoms with Gasteiger partial charge in [0.05, 0.1) is 9.79 Å². The van der Waals surface area contributed by atoms with E-state index in [2.05, 4.69) is 18.8 Å². The predicted molar refractivity (Wildman–Crippen MR) is 174 cm³/mol. The summed E-state index contributed by atoms with van der Waals surface area (Å²) in [5, 5.41) is -0.638. The molecule has 0 spiro atoms. The van der Waals surface area contributed by atoms with Crippen LogP contribution < -0.4 is 11.5 Å². The number of carbonyl (C=O) groups excluding carboxylic acids is 2. The number of allylic oxidation sites excluding steroid dienone is 4. The molecule has 0 bridgehead atoms. The zero-order valence-electron chi connectivity index (χ0n) is 25.6. The van der Waals surface area contributed by atoms with Crippen molar-refractivity contribution in [2.45, 2.75) is 76.0 Å². The third kappa shape index (κ3) is 12.5. The lowest BCUT2D eigenvalue weighted by Crippen LogP contribution is -2.24. The van der Waals surface area contributed by atoms with Gasteiger partial charge in [0, 0.05) is 23.6 Å². The number of hydrogen-bond donors (Lipinski definition) is 2. The summed E-state index contributed by atoms with van der Waals surface area (Å²) in [6, 6.07) is 6.15. The molecule has 0 aliphatic carbocycles. The van der Waals surface area contributed by atoms with Gasteiger partial charge < -0.3 is 11.5 Å². The first-order valence-corrected chi connectivity index (χ1v) is 17.9. The topological polar surface area (TPSA) is 167 Å². The van der Waals surface area contributed by atoms with E-state index in [-0.39, 0.29) is 26.9 Å². The lowest BCUT2D eigenvalue weighted by molar-refractivity contribution is 0.100. The Balaban J connectivity index is 0.000000434. The van der Waals surface area contributed by atoms with Crippen molar-refractivity contribution in [3.63, 3.8) is 0 Å². The molecule has 0 atom stereocenters. The SMILES string of the molecule is CCCC=CCc1cc(C)c(C(=O)Cl)cc1S(C)(=O)=O.CCCC=CCc1cc(C)c(C(=O)N=C(N)N)cc1S(C)(=O)=O. The van der Waals surface area contributed by atoms with E-state index in [0.29, 0.717) is 35.1 Å². The number of halogens is 1. The van der Waals surface area contributed by atoms with Gasteiger partial charge in [-0.1, -0.05) is 63.1 Å². The Morgan fingerprint density at radius 3 is 1.49 bits per heavy atom. The van der Waals surface area contributed by atoms with Gasteiger partial charge in [-0.25, -0.2) is 16.8 Å². The molecule has 12 heteroatoms. The molecule has 1 amide bonds. The van der Waals surface area contributed by atoms with Gasteiger partial charge in [-0.15, -0.1) is 0 Å². The second-order valence-corrected chi connectivity index (χ2v) is 14.4. The molecule has 9 nitrogen and oxygen atoms in total. The van der Waals surface area contributed by atoms with Crippen molar-refractivity contribution in [3.8, 4) is 0 Å². The van der Waals surface area contributed by atoms with Crippen LogP contribution in [0.1, 0.15) is 82.5 Å². The van der Waals surface area contributed by atoms with Crippen molar-refractivity contribution in [2.24, 2.45) is 16.5 Å². The van der Waals surface area contributed by atoms with E-state index in [1.807, 2.05) is 24.3 Å². The van der Waals surface area contributed by atoms with E-state index in [9.17, 15) is 26.4 Å². The fourth-order valence-corrected chi connectivity index (χ4v) is 6.22. The number of nitrogens with zero attached hydrogens (tertiary/aromatic N) is 1. The van der Waals surface area contributed by atoms with Crippen molar-refractivity contribution < 1.29 is 26.4 Å². The normalized spacial score (nSPS) is 11.8. The number of aliphatic imine (C=N–C) groups is 1. The molecule has 2 rings (SSSR count). The molecule has 0 unspecified atom stereocenters. The van der Waals surface area contributed by atoms with Crippen LogP contribution in [0.25, 0.3) is 0 Å². The highest BCUT2D eigenvalue weighted by atomic mass is 35.5. The quantitative estimate of drug-likeness (QED) is 0.133. The largest absolute Gasteiger partial charge is 0.370 e. The Labute approximate surface area is 261 Å². The highest BCUT2D eigenvalue weighted by Crippen LogP contribution is 2.24. The van der Waals surface area contributed by atoms with Gasteiger partial charge in [-0.2, -0.15) is 4.99 Å². The minimum absolute atomic E-state index is 0.124. The van der Waals surface area contributed by atoms with Crippen LogP contribution in [0.5, 0.6) is 0 Å². The zero-order valence-corrected chi connectivity index (χ0v) is 28.0. The molecule has 0 saturated carbocycles. The number of aryl methyl sites for hydroxylation is 2. The van der Waals surface area contributed by atoms with Gasteiger partial charge in [-0.3, -0.25) is 9.59 Å². The summed E-state index contributed by atoms with van der Waals surface area (Å²) < 4.78 is 47.8. The third-order valence-corrected chi connectivity index (χ3v) is 8.77. The monoisotopic (exact) mass is 651 g/mol. The van der Waals surface area contributed by atoms with Crippen LogP contribution in [0.2, 0.25) is 0 Å². The first-order chi connectivity index (χ1) is 19.9. The molecule has 0 saturated heterocycles. The number of carbonyl (C=O) groups is 2. The Hall–Kier alpha value is -3.28. The van der Waals surface area contributed by atoms with E-state index in [1.54, 1.807) is 26.0 Å². The average molecular weight is 652 g/mol. The number of guanidine groups is 1. The van der Waals surface area contributed by atoms with Gasteiger partial charge in [0.15, 0.2) is 25.6 Å². The minimum Gasteiger partial charge on any atom is -0.370 e. The second-order valence-electron chi connectivity index (χ2n) is 10.1. The Bertz CT molecular complexity index is 1620. The maximum Gasteiger partial charge on any atom is 0.280 e. The first kappa shape index (κ1) is 37.7. The molecule has 236 valence electrons. The van der Waals surface area contributed by atoms with Gasteiger partial charge in [0.25, 0.3) is 11.1 Å². The minimum atomic E-state index is -3.47. The smallest absolute Gasteiger partial charge is 0.280 e. The van der Waals surface area contributed by atoms with Crippen LogP contribution >= 0.6 is 11.6 Å². The summed E-state index contributed by atoms with van der Waals surface area (Å²) in [4.78, 5) is 27.1. The van der Waals surface area contributed by atoms with Gasteiger partial charge in [-0.05, 0) is 85.5 Å². The van der Waals surface area contributed by atoms with Crippen LogP contribution in [0, 0.1) is 13.8 Å². The van der Waals surface area contributed by atoms with E-state index in [4.69, 9.17) is 23.1 Å². The van der Waals surface area contributed by atoms with Crippen molar-refractivity contribution in [3.05, 3.63) is 82.0 Å². The third-order valence-electron chi connectivity index (χ3n) is 6.21. The number of rotatable bonds is 12. The van der Waals surface area contributed by atoms with Gasteiger partial charge >= 0.3 is 0 Å². The Morgan fingerprint density at radius 1 is 0.744 bits per heavy atom. The number of hydrogen-bond acceptors (Lipinski definition) is 6. The molecule has 0 radical (unpaired) electrons. The standard InChI is InChI=1S/C16H23N3O3S.C15H19ClO3S/c1-4-5-6-7-8-12-9-11(2)13(15(20)19-16(17)18)10-14(12)23(3,21)22;1-4-5-6-7-8-12-9-11(2)13(15(16)17)10-14(12)20(3,18)19/h6-7,9-10H,4-5,8H2,1-3H3,(H4,17,18,19,20);6-7,9-10H,4-5,8H2,1-3H3. The molecule has 2 aromatic carbocycles. The van der Waals surface area contributed by atoms with Crippen LogP contribution in [0.4, 0.5) is 0 Å². The first-order valence-electron chi connectivity index (χ1n) is 13.7. The summed E-state index contributed by atoms with van der Waals surface area (Å²) in [6.07, 6.45) is 15.2. The summed E-state index contributed by atoms with van der Waals surface area (Å²) in [6.45, 7) is 7.62. The van der Waals surface area contributed by atoms with Crippen LogP contribution in [0.15, 0.2) is 63.4 Å². The van der Waals surface area contributed by atoms with Crippen molar-refractivity contribution in [2.75, 3.05) is 12.5 Å². The van der Waals surface area contributed by atoms with Crippen LogP contribution in [0.3, 0.4) is 0 Å². The van der Waals surface area contributed by atoms with Gasteiger partial charge in [0.2, 0.25) is 0 Å². The number of unbranched alkanes of at least 4 members (excludes halogenated alkanes) is 2. The summed E-state index contributed by atoms with van der Waals surface area (Å²) >= 11 is 5.48. The molecule has 2 aromatic rings. The van der Waals surface area contributed by atoms with E-state index in [0.717, 1.165) is 38.2 Å². The number of sulfone groups is 2. The maximum atomic E-state index is 12.0. The van der Waals surface area contributed by atoms with Crippen LogP contribution in [-0.2, 0) is 32.5 Å². The molecule has 0 aliphatic heterocycles. The van der Waals surface area contributed by atoms with Crippen LogP contribution in [-0.4, -0.2) is 46.5 Å². The number of amides is 1. The molecule has 0 aromatic heterocycles. The van der Waals surface area contributed by atoms with Crippen molar-refractivity contribution in [1.29, 1.82) is 0 Å². The lowest BCUT2D eigenvalue weighted by Gasteiger charge is -2.11. The number of nitrogens with two attached hydrogens (primary N) is 2.